The van der Waals surface area contributed by atoms with Crippen molar-refractivity contribution >= 4 is 27.2 Å². The number of aryl methyl sites for hydroxylation is 1. The van der Waals surface area contributed by atoms with Crippen molar-refractivity contribution in [3.05, 3.63) is 35.4 Å². The Morgan fingerprint density at radius 1 is 1.32 bits per heavy atom. The van der Waals surface area contributed by atoms with Crippen LogP contribution in [0.4, 0.5) is 0 Å². The van der Waals surface area contributed by atoms with Crippen LogP contribution in [0.2, 0.25) is 0 Å². The maximum atomic E-state index is 12.3. The molecule has 0 unspecified atom stereocenters. The maximum absolute atomic E-state index is 12.3. The zero-order valence-electron chi connectivity index (χ0n) is 11.3. The standard InChI is InChI=1S/C13H20N2O2S2/c1-3-11-6-5-7-12(8-11)10-19(16,17)15(4-2)9-13(14)18/h5-8H,3-4,9-10H2,1-2H3,(H2,14,18). The van der Waals surface area contributed by atoms with E-state index in [4.69, 9.17) is 18.0 Å². The average molecular weight is 300 g/mol. The second kappa shape index (κ2) is 6.98. The van der Waals surface area contributed by atoms with Crippen molar-refractivity contribution in [1.82, 2.24) is 4.31 Å². The number of nitrogens with zero attached hydrogens (tertiary/aromatic N) is 1. The first-order valence-electron chi connectivity index (χ1n) is 6.23. The summed E-state index contributed by atoms with van der Waals surface area (Å²) in [5.74, 6) is -0.0166. The summed E-state index contributed by atoms with van der Waals surface area (Å²) in [7, 11) is -3.38. The first-order valence-corrected chi connectivity index (χ1v) is 8.24. The highest BCUT2D eigenvalue weighted by Crippen LogP contribution is 2.13. The van der Waals surface area contributed by atoms with E-state index < -0.39 is 10.0 Å². The van der Waals surface area contributed by atoms with E-state index in [2.05, 4.69) is 0 Å². The summed E-state index contributed by atoms with van der Waals surface area (Å²) >= 11 is 4.78. The van der Waals surface area contributed by atoms with E-state index in [1.165, 1.54) is 4.31 Å². The second-order valence-corrected chi connectivity index (χ2v) is 6.82. The molecule has 4 nitrogen and oxygen atoms in total. The third kappa shape index (κ3) is 4.89. The van der Waals surface area contributed by atoms with Crippen LogP contribution in [0.1, 0.15) is 25.0 Å². The first-order chi connectivity index (χ1) is 8.89. The summed E-state index contributed by atoms with van der Waals surface area (Å²) in [6.07, 6.45) is 0.887. The highest BCUT2D eigenvalue weighted by Gasteiger charge is 2.21. The number of likely N-dealkylation sites (N-methyl/N-ethyl adjacent to an activating group) is 1. The van der Waals surface area contributed by atoms with Crippen molar-refractivity contribution in [2.45, 2.75) is 26.0 Å². The molecule has 19 heavy (non-hydrogen) atoms. The molecule has 0 radical (unpaired) electrons. The zero-order valence-corrected chi connectivity index (χ0v) is 12.9. The van der Waals surface area contributed by atoms with Gasteiger partial charge < -0.3 is 5.73 Å². The smallest absolute Gasteiger partial charge is 0.218 e. The van der Waals surface area contributed by atoms with Crippen LogP contribution in [0.3, 0.4) is 0 Å². The van der Waals surface area contributed by atoms with Gasteiger partial charge in [0.2, 0.25) is 10.0 Å². The Morgan fingerprint density at radius 2 is 1.95 bits per heavy atom. The Morgan fingerprint density at radius 3 is 2.47 bits per heavy atom. The number of nitrogens with two attached hydrogens (primary N) is 1. The molecule has 6 heteroatoms. The molecular weight excluding hydrogens is 280 g/mol. The molecule has 0 bridgehead atoms. The van der Waals surface area contributed by atoms with Gasteiger partial charge >= 0.3 is 0 Å². The number of sulfonamides is 1. The molecule has 1 rings (SSSR count). The number of rotatable bonds is 7. The lowest BCUT2D eigenvalue weighted by molar-refractivity contribution is 0.467. The fourth-order valence-electron chi connectivity index (χ4n) is 1.82. The minimum Gasteiger partial charge on any atom is -0.392 e. The van der Waals surface area contributed by atoms with Crippen LogP contribution >= 0.6 is 12.2 Å². The molecule has 0 heterocycles. The van der Waals surface area contributed by atoms with Crippen LogP contribution in [0.15, 0.2) is 24.3 Å². The molecule has 2 N–H and O–H groups in total. The molecule has 0 aliphatic heterocycles. The van der Waals surface area contributed by atoms with Crippen molar-refractivity contribution < 1.29 is 8.42 Å². The largest absolute Gasteiger partial charge is 0.392 e. The van der Waals surface area contributed by atoms with E-state index in [9.17, 15) is 8.42 Å². The summed E-state index contributed by atoms with van der Waals surface area (Å²) in [4.78, 5) is 0.188. The topological polar surface area (TPSA) is 63.4 Å². The van der Waals surface area contributed by atoms with Gasteiger partial charge in [0.1, 0.15) is 0 Å². The van der Waals surface area contributed by atoms with Crippen molar-refractivity contribution in [3.8, 4) is 0 Å². The van der Waals surface area contributed by atoms with Crippen LogP contribution in [0, 0.1) is 0 Å². The van der Waals surface area contributed by atoms with Crippen LogP contribution in [-0.4, -0.2) is 30.8 Å². The van der Waals surface area contributed by atoms with Gasteiger partial charge in [-0.2, -0.15) is 4.31 Å². The minimum absolute atomic E-state index is 0.0166. The SMILES string of the molecule is CCc1cccc(CS(=O)(=O)N(CC)CC(N)=S)c1. The van der Waals surface area contributed by atoms with Gasteiger partial charge in [-0.1, -0.05) is 50.3 Å². The monoisotopic (exact) mass is 300 g/mol. The highest BCUT2D eigenvalue weighted by molar-refractivity contribution is 7.88. The zero-order chi connectivity index (χ0) is 14.5. The van der Waals surface area contributed by atoms with Crippen LogP contribution in [0.25, 0.3) is 0 Å². The number of hydrogen-bond donors (Lipinski definition) is 1. The molecule has 0 spiro atoms. The van der Waals surface area contributed by atoms with E-state index in [1.54, 1.807) is 6.92 Å². The molecule has 106 valence electrons. The van der Waals surface area contributed by atoms with Gasteiger partial charge in [0.25, 0.3) is 0 Å². The minimum atomic E-state index is -3.38. The van der Waals surface area contributed by atoms with Crippen molar-refractivity contribution in [2.75, 3.05) is 13.1 Å². The van der Waals surface area contributed by atoms with E-state index in [0.29, 0.717) is 6.54 Å². The maximum Gasteiger partial charge on any atom is 0.218 e. The van der Waals surface area contributed by atoms with Crippen molar-refractivity contribution in [1.29, 1.82) is 0 Å². The summed E-state index contributed by atoms with van der Waals surface area (Å²) in [6, 6.07) is 7.62. The quantitative estimate of drug-likeness (QED) is 0.778. The highest BCUT2D eigenvalue weighted by atomic mass is 32.2. The lowest BCUT2D eigenvalue weighted by atomic mass is 10.1. The van der Waals surface area contributed by atoms with E-state index in [1.807, 2.05) is 31.2 Å². The van der Waals surface area contributed by atoms with Crippen LogP contribution < -0.4 is 5.73 Å². The lowest BCUT2D eigenvalue weighted by Crippen LogP contribution is -2.38. The number of hydrogen-bond acceptors (Lipinski definition) is 3. The third-order valence-corrected chi connectivity index (χ3v) is 4.83. The lowest BCUT2D eigenvalue weighted by Gasteiger charge is -2.19. The van der Waals surface area contributed by atoms with Gasteiger partial charge in [-0.15, -0.1) is 0 Å². The van der Waals surface area contributed by atoms with Gasteiger partial charge in [0.15, 0.2) is 0 Å². The summed E-state index contributed by atoms with van der Waals surface area (Å²) in [5.41, 5.74) is 7.35. The molecule has 0 atom stereocenters. The Balaban J connectivity index is 2.91. The predicted octanol–water partition coefficient (Wildman–Crippen LogP) is 1.69. The Labute approximate surface area is 120 Å². The molecule has 0 fully saturated rings. The van der Waals surface area contributed by atoms with Crippen molar-refractivity contribution in [3.63, 3.8) is 0 Å². The van der Waals surface area contributed by atoms with Crippen LogP contribution in [-0.2, 0) is 22.2 Å². The number of thiocarbonyl (C=S) groups is 1. The average Bonchev–Trinajstić information content (AvgIpc) is 2.35. The van der Waals surface area contributed by atoms with Gasteiger partial charge in [-0.25, -0.2) is 8.42 Å². The molecule has 0 aliphatic rings. The molecule has 0 aliphatic carbocycles. The number of benzene rings is 1. The fraction of sp³-hybridized carbons (Fsp3) is 0.462. The summed E-state index contributed by atoms with van der Waals surface area (Å²) < 4.78 is 25.9. The molecule has 1 aromatic carbocycles. The molecule has 0 saturated heterocycles. The fourth-order valence-corrected chi connectivity index (χ4v) is 3.57. The normalized spacial score (nSPS) is 11.7. The molecule has 0 saturated carbocycles. The Bertz CT molecular complexity index is 541. The van der Waals surface area contributed by atoms with E-state index in [-0.39, 0.29) is 17.3 Å². The van der Waals surface area contributed by atoms with Gasteiger partial charge in [-0.3, -0.25) is 0 Å². The van der Waals surface area contributed by atoms with Gasteiger partial charge in [-0.05, 0) is 17.5 Å². The summed E-state index contributed by atoms with van der Waals surface area (Å²) in [6.45, 7) is 4.28. The summed E-state index contributed by atoms with van der Waals surface area (Å²) in [5, 5.41) is 0. The van der Waals surface area contributed by atoms with E-state index >= 15 is 0 Å². The third-order valence-electron chi connectivity index (χ3n) is 2.83. The molecular formula is C13H20N2O2S2. The molecule has 0 aromatic heterocycles. The van der Waals surface area contributed by atoms with Gasteiger partial charge in [0, 0.05) is 6.54 Å². The predicted molar refractivity (Wildman–Crippen MR) is 82.5 cm³/mol. The first kappa shape index (κ1) is 16.1. The second-order valence-electron chi connectivity index (χ2n) is 4.32. The Hall–Kier alpha value is -0.980. The molecule has 1 aromatic rings. The molecule has 0 amide bonds. The Kier molecular flexibility index (Phi) is 5.90. The van der Waals surface area contributed by atoms with E-state index in [0.717, 1.165) is 17.5 Å². The van der Waals surface area contributed by atoms with Crippen LogP contribution in [0.5, 0.6) is 0 Å². The van der Waals surface area contributed by atoms with Gasteiger partial charge in [0.05, 0.1) is 17.3 Å². The van der Waals surface area contributed by atoms with Crippen molar-refractivity contribution in [2.24, 2.45) is 5.73 Å².